The van der Waals surface area contributed by atoms with Crippen molar-refractivity contribution in [2.45, 2.75) is 31.3 Å². The van der Waals surface area contributed by atoms with Crippen LogP contribution in [0.15, 0.2) is 35.2 Å². The number of ether oxygens (including phenoxy) is 2. The van der Waals surface area contributed by atoms with E-state index in [1.54, 1.807) is 18.2 Å². The van der Waals surface area contributed by atoms with E-state index in [9.17, 15) is 8.42 Å². The van der Waals surface area contributed by atoms with Gasteiger partial charge in [0, 0.05) is 18.1 Å². The van der Waals surface area contributed by atoms with Crippen LogP contribution in [0.2, 0.25) is 0 Å². The van der Waals surface area contributed by atoms with Crippen LogP contribution in [-0.2, 0) is 16.4 Å². The summed E-state index contributed by atoms with van der Waals surface area (Å²) in [5.41, 5.74) is 2.26. The van der Waals surface area contributed by atoms with E-state index in [4.69, 9.17) is 9.47 Å². The maximum Gasteiger partial charge on any atom is 0.264 e. The molecule has 1 aromatic heterocycles. The van der Waals surface area contributed by atoms with E-state index in [0.29, 0.717) is 34.8 Å². The molecule has 1 N–H and O–H groups in total. The lowest BCUT2D eigenvalue weighted by atomic mass is 10.1. The number of sulfonamides is 1. The molecule has 0 radical (unpaired) electrons. The van der Waals surface area contributed by atoms with Gasteiger partial charge in [-0.1, -0.05) is 6.07 Å². The van der Waals surface area contributed by atoms with Gasteiger partial charge in [0.05, 0.1) is 24.0 Å². The minimum atomic E-state index is -3.86. The van der Waals surface area contributed by atoms with E-state index in [2.05, 4.69) is 13.5 Å². The third kappa shape index (κ3) is 2.97. The monoisotopic (exact) mass is 391 g/mol. The Bertz CT molecular complexity index is 1080. The highest BCUT2D eigenvalue weighted by molar-refractivity contribution is 7.93. The molecule has 1 aliphatic rings. The second-order valence-corrected chi connectivity index (χ2v) is 8.19. The summed E-state index contributed by atoms with van der Waals surface area (Å²) in [6, 6.07) is 8.41. The first-order valence-corrected chi connectivity index (χ1v) is 10.4. The van der Waals surface area contributed by atoms with Crippen LogP contribution in [0.5, 0.6) is 11.5 Å². The zero-order valence-electron chi connectivity index (χ0n) is 14.2. The highest BCUT2D eigenvalue weighted by Crippen LogP contribution is 2.39. The van der Waals surface area contributed by atoms with Crippen LogP contribution in [0.4, 0.5) is 5.69 Å². The minimum Gasteiger partial charge on any atom is -0.492 e. The summed E-state index contributed by atoms with van der Waals surface area (Å²) in [7, 11) is -3.86. The van der Waals surface area contributed by atoms with Gasteiger partial charge in [-0.25, -0.2) is 8.42 Å². The summed E-state index contributed by atoms with van der Waals surface area (Å²) in [6.45, 7) is 4.25. The number of hydrogen-bond acceptors (Lipinski definition) is 7. The summed E-state index contributed by atoms with van der Waals surface area (Å²) in [5.74, 6) is 1.16. The maximum atomic E-state index is 13.0. The molecule has 2 heterocycles. The third-order valence-corrected chi connectivity index (χ3v) is 6.02. The first kappa shape index (κ1) is 17.0. The molecule has 136 valence electrons. The Hall–Kier alpha value is -2.39. The van der Waals surface area contributed by atoms with Gasteiger partial charge in [0.15, 0.2) is 0 Å². The topological polar surface area (TPSA) is 90.4 Å². The Labute approximate surface area is 155 Å². The van der Waals surface area contributed by atoms with Gasteiger partial charge >= 0.3 is 0 Å². The van der Waals surface area contributed by atoms with Crippen molar-refractivity contribution in [1.82, 2.24) is 8.75 Å². The van der Waals surface area contributed by atoms with E-state index >= 15 is 0 Å². The SMILES string of the molecule is CCOc1cc2c(cc1NS(=O)(=O)c1cccc3nsnc13)OC(C)C2. The van der Waals surface area contributed by atoms with Crippen molar-refractivity contribution in [2.24, 2.45) is 0 Å². The predicted octanol–water partition coefficient (Wildman–Crippen LogP) is 3.21. The molecule has 0 fully saturated rings. The Morgan fingerprint density at radius 3 is 3.00 bits per heavy atom. The van der Waals surface area contributed by atoms with Crippen molar-refractivity contribution in [3.05, 3.63) is 35.9 Å². The van der Waals surface area contributed by atoms with Gasteiger partial charge in [-0.05, 0) is 32.0 Å². The van der Waals surface area contributed by atoms with Gasteiger partial charge in [0.25, 0.3) is 10.0 Å². The summed E-state index contributed by atoms with van der Waals surface area (Å²) in [4.78, 5) is 0.0842. The van der Waals surface area contributed by atoms with Crippen LogP contribution in [0.1, 0.15) is 19.4 Å². The van der Waals surface area contributed by atoms with Gasteiger partial charge < -0.3 is 9.47 Å². The molecule has 0 aliphatic carbocycles. The van der Waals surface area contributed by atoms with Gasteiger partial charge in [0.2, 0.25) is 0 Å². The average molecular weight is 391 g/mol. The van der Waals surface area contributed by atoms with E-state index in [1.807, 2.05) is 19.9 Å². The summed E-state index contributed by atoms with van der Waals surface area (Å²) in [6.07, 6.45) is 0.827. The summed E-state index contributed by atoms with van der Waals surface area (Å²) in [5, 5.41) is 0. The molecule has 1 aliphatic heterocycles. The highest BCUT2D eigenvalue weighted by atomic mass is 32.2. The largest absolute Gasteiger partial charge is 0.492 e. The molecule has 1 unspecified atom stereocenters. The van der Waals surface area contributed by atoms with E-state index in [1.165, 1.54) is 6.07 Å². The van der Waals surface area contributed by atoms with E-state index < -0.39 is 10.0 Å². The number of rotatable bonds is 5. The van der Waals surface area contributed by atoms with E-state index in [0.717, 1.165) is 23.7 Å². The van der Waals surface area contributed by atoms with Crippen LogP contribution in [-0.4, -0.2) is 29.9 Å². The van der Waals surface area contributed by atoms with Crippen LogP contribution < -0.4 is 14.2 Å². The fourth-order valence-corrected chi connectivity index (χ4v) is 4.82. The molecule has 0 saturated carbocycles. The number of fused-ring (bicyclic) bond motifs is 2. The van der Waals surface area contributed by atoms with Crippen molar-refractivity contribution in [3.63, 3.8) is 0 Å². The number of nitrogens with one attached hydrogen (secondary N) is 1. The predicted molar refractivity (Wildman–Crippen MR) is 99.6 cm³/mol. The minimum absolute atomic E-state index is 0.0566. The smallest absolute Gasteiger partial charge is 0.264 e. The molecule has 1 atom stereocenters. The number of hydrogen-bond donors (Lipinski definition) is 1. The summed E-state index contributed by atoms with van der Waals surface area (Å²) >= 11 is 0.980. The van der Waals surface area contributed by atoms with Crippen molar-refractivity contribution < 1.29 is 17.9 Å². The number of benzene rings is 2. The molecule has 0 spiro atoms. The maximum absolute atomic E-state index is 13.0. The first-order chi connectivity index (χ1) is 12.5. The number of anilines is 1. The quantitative estimate of drug-likeness (QED) is 0.718. The zero-order chi connectivity index (χ0) is 18.3. The lowest BCUT2D eigenvalue weighted by Gasteiger charge is -2.14. The van der Waals surface area contributed by atoms with Crippen LogP contribution >= 0.6 is 11.7 Å². The fourth-order valence-electron chi connectivity index (χ4n) is 2.99. The highest BCUT2D eigenvalue weighted by Gasteiger charge is 2.25. The van der Waals surface area contributed by atoms with Crippen LogP contribution in [0, 0.1) is 0 Å². The van der Waals surface area contributed by atoms with Crippen LogP contribution in [0.25, 0.3) is 11.0 Å². The molecule has 0 bridgehead atoms. The van der Waals surface area contributed by atoms with Gasteiger partial charge in [-0.3, -0.25) is 4.72 Å². The van der Waals surface area contributed by atoms with Crippen LogP contribution in [0.3, 0.4) is 0 Å². The molecule has 9 heteroatoms. The normalized spacial score (nSPS) is 16.3. The van der Waals surface area contributed by atoms with Crippen molar-refractivity contribution >= 4 is 38.5 Å². The van der Waals surface area contributed by atoms with Gasteiger partial charge in [-0.2, -0.15) is 8.75 Å². The number of aromatic nitrogens is 2. The Kier molecular flexibility index (Phi) is 4.20. The Morgan fingerprint density at radius 1 is 1.35 bits per heavy atom. The molecule has 2 aromatic carbocycles. The molecule has 4 rings (SSSR count). The summed E-state index contributed by atoms with van der Waals surface area (Å²) < 4.78 is 48.1. The van der Waals surface area contributed by atoms with Gasteiger partial charge in [-0.15, -0.1) is 0 Å². The molecular formula is C17H17N3O4S2. The molecule has 0 saturated heterocycles. The van der Waals surface area contributed by atoms with Crippen molar-refractivity contribution in [2.75, 3.05) is 11.3 Å². The fraction of sp³-hybridized carbons (Fsp3) is 0.294. The van der Waals surface area contributed by atoms with Crippen molar-refractivity contribution in [1.29, 1.82) is 0 Å². The first-order valence-electron chi connectivity index (χ1n) is 8.18. The zero-order valence-corrected chi connectivity index (χ0v) is 15.9. The Morgan fingerprint density at radius 2 is 2.19 bits per heavy atom. The molecular weight excluding hydrogens is 374 g/mol. The second kappa shape index (κ2) is 6.40. The third-order valence-electron chi connectivity index (χ3n) is 4.08. The molecule has 0 amide bonds. The Balaban J connectivity index is 1.76. The molecule has 3 aromatic rings. The van der Waals surface area contributed by atoms with E-state index in [-0.39, 0.29) is 11.0 Å². The van der Waals surface area contributed by atoms with Crippen molar-refractivity contribution in [3.8, 4) is 11.5 Å². The molecule has 7 nitrogen and oxygen atoms in total. The average Bonchev–Trinajstić information content (AvgIpc) is 3.19. The standard InChI is InChI=1S/C17H17N3O4S2/c1-3-23-15-8-11-7-10(2)24-14(11)9-13(15)20-26(21,22)16-6-4-5-12-17(16)19-25-18-12/h4-6,8-10,20H,3,7H2,1-2H3. The lowest BCUT2D eigenvalue weighted by Crippen LogP contribution is -2.14. The van der Waals surface area contributed by atoms with Gasteiger partial charge in [0.1, 0.15) is 33.5 Å². The lowest BCUT2D eigenvalue weighted by molar-refractivity contribution is 0.254. The second-order valence-electron chi connectivity index (χ2n) is 6.02. The number of nitrogens with zero attached hydrogens (tertiary/aromatic N) is 2. The molecule has 26 heavy (non-hydrogen) atoms.